The molecule has 5 heteroatoms. The zero-order valence-corrected chi connectivity index (χ0v) is 13.8. The molecule has 2 unspecified atom stereocenters. The second-order valence-electron chi connectivity index (χ2n) is 7.28. The van der Waals surface area contributed by atoms with Crippen molar-refractivity contribution in [1.29, 1.82) is 0 Å². The summed E-state index contributed by atoms with van der Waals surface area (Å²) in [4.78, 5) is 0. The Labute approximate surface area is 117 Å². The maximum Gasteiger partial charge on any atom is 0.192 e. The third kappa shape index (κ3) is 3.05. The van der Waals surface area contributed by atoms with Crippen molar-refractivity contribution < 1.29 is 19.0 Å². The smallest absolute Gasteiger partial charge is 0.192 e. The molecule has 1 N–H and O–H groups in total. The van der Waals surface area contributed by atoms with Crippen LogP contribution in [-0.2, 0) is 13.9 Å². The number of hydrogen-bond donors (Lipinski definition) is 1. The maximum absolute atomic E-state index is 9.07. The number of ether oxygens (including phenoxy) is 2. The Kier molecular flexibility index (Phi) is 4.43. The molecule has 2 fully saturated rings. The van der Waals surface area contributed by atoms with Crippen molar-refractivity contribution in [3.63, 3.8) is 0 Å². The van der Waals surface area contributed by atoms with Gasteiger partial charge in [0.15, 0.2) is 8.32 Å². The summed E-state index contributed by atoms with van der Waals surface area (Å²) in [5, 5.41) is 9.27. The van der Waals surface area contributed by atoms with Crippen LogP contribution in [0.25, 0.3) is 0 Å². The van der Waals surface area contributed by atoms with Gasteiger partial charge in [-0.3, -0.25) is 0 Å². The van der Waals surface area contributed by atoms with E-state index in [0.717, 1.165) is 6.42 Å². The van der Waals surface area contributed by atoms with Crippen LogP contribution >= 0.6 is 0 Å². The highest BCUT2D eigenvalue weighted by Gasteiger charge is 2.50. The minimum atomic E-state index is -1.78. The molecule has 0 aliphatic carbocycles. The van der Waals surface area contributed by atoms with Gasteiger partial charge in [0.25, 0.3) is 0 Å². The van der Waals surface area contributed by atoms with Gasteiger partial charge in [-0.2, -0.15) is 0 Å². The summed E-state index contributed by atoms with van der Waals surface area (Å²) in [5.41, 5.74) is 0. The number of aliphatic hydroxyl groups excluding tert-OH is 1. The van der Waals surface area contributed by atoms with Crippen LogP contribution in [0.4, 0.5) is 0 Å². The molecular formula is C14H28O4Si. The average Bonchev–Trinajstić information content (AvgIpc) is 2.82. The lowest BCUT2D eigenvalue weighted by Gasteiger charge is -2.39. The third-order valence-electron chi connectivity index (χ3n) is 4.86. The summed E-state index contributed by atoms with van der Waals surface area (Å²) in [6, 6.07) is 0. The standard InChI is InChI=1S/C14H28O4Si/c1-14(2,3)19(4,5)18-11-9-17-12-10(6-7-15)8-16-13(11)12/h10-13,15H,6-9H2,1-5H3/t10?,11?,12-,13-/m1/s1. The molecule has 0 aromatic heterocycles. The van der Waals surface area contributed by atoms with E-state index in [1.807, 2.05) is 0 Å². The van der Waals surface area contributed by atoms with Crippen LogP contribution in [0.15, 0.2) is 0 Å². The molecule has 0 spiro atoms. The fourth-order valence-electron chi connectivity index (χ4n) is 2.61. The van der Waals surface area contributed by atoms with E-state index in [1.54, 1.807) is 0 Å². The molecule has 0 aromatic carbocycles. The molecule has 2 heterocycles. The van der Waals surface area contributed by atoms with Crippen LogP contribution in [0.3, 0.4) is 0 Å². The number of rotatable bonds is 4. The first kappa shape index (κ1) is 15.4. The Morgan fingerprint density at radius 1 is 1.16 bits per heavy atom. The molecule has 2 rings (SSSR count). The first-order chi connectivity index (χ1) is 8.76. The topological polar surface area (TPSA) is 47.9 Å². The Hall–Kier alpha value is 0.0569. The molecule has 0 bridgehead atoms. The van der Waals surface area contributed by atoms with Crippen molar-refractivity contribution in [2.24, 2.45) is 5.92 Å². The van der Waals surface area contributed by atoms with Gasteiger partial charge in [0.2, 0.25) is 0 Å². The molecule has 0 aromatic rings. The quantitative estimate of drug-likeness (QED) is 0.806. The predicted molar refractivity (Wildman–Crippen MR) is 76.7 cm³/mol. The van der Waals surface area contributed by atoms with Crippen molar-refractivity contribution >= 4 is 8.32 Å². The van der Waals surface area contributed by atoms with Gasteiger partial charge in [-0.05, 0) is 24.6 Å². The van der Waals surface area contributed by atoms with E-state index in [-0.39, 0.29) is 30.0 Å². The fourth-order valence-corrected chi connectivity index (χ4v) is 3.93. The Bertz CT molecular complexity index is 313. The van der Waals surface area contributed by atoms with Crippen molar-refractivity contribution in [3.8, 4) is 0 Å². The van der Waals surface area contributed by atoms with Crippen LogP contribution in [0.1, 0.15) is 27.2 Å². The van der Waals surface area contributed by atoms with Gasteiger partial charge < -0.3 is 19.0 Å². The first-order valence-electron chi connectivity index (χ1n) is 7.28. The molecule has 19 heavy (non-hydrogen) atoms. The molecule has 2 saturated heterocycles. The highest BCUT2D eigenvalue weighted by molar-refractivity contribution is 6.74. The monoisotopic (exact) mass is 288 g/mol. The van der Waals surface area contributed by atoms with E-state index < -0.39 is 8.32 Å². The van der Waals surface area contributed by atoms with E-state index in [0.29, 0.717) is 19.1 Å². The first-order valence-corrected chi connectivity index (χ1v) is 10.2. The van der Waals surface area contributed by atoms with Crippen LogP contribution < -0.4 is 0 Å². The van der Waals surface area contributed by atoms with Gasteiger partial charge in [0.05, 0.1) is 25.4 Å². The van der Waals surface area contributed by atoms with Crippen molar-refractivity contribution in [2.45, 2.75) is 63.6 Å². The van der Waals surface area contributed by atoms with E-state index in [2.05, 4.69) is 33.9 Å². The lowest BCUT2D eigenvalue weighted by molar-refractivity contribution is 0.0223. The fraction of sp³-hybridized carbons (Fsp3) is 1.00. The van der Waals surface area contributed by atoms with Gasteiger partial charge in [-0.25, -0.2) is 0 Å². The summed E-state index contributed by atoms with van der Waals surface area (Å²) >= 11 is 0. The molecule has 0 saturated carbocycles. The second kappa shape index (κ2) is 5.45. The number of fused-ring (bicyclic) bond motifs is 1. The lowest BCUT2D eigenvalue weighted by atomic mass is 9.98. The van der Waals surface area contributed by atoms with Crippen molar-refractivity contribution in [1.82, 2.24) is 0 Å². The highest BCUT2D eigenvalue weighted by atomic mass is 28.4. The van der Waals surface area contributed by atoms with Gasteiger partial charge in [-0.15, -0.1) is 0 Å². The maximum atomic E-state index is 9.07. The van der Waals surface area contributed by atoms with Crippen LogP contribution in [0.2, 0.25) is 18.1 Å². The minimum Gasteiger partial charge on any atom is -0.409 e. The lowest BCUT2D eigenvalue weighted by Crippen LogP contribution is -2.47. The van der Waals surface area contributed by atoms with Crippen LogP contribution in [0.5, 0.6) is 0 Å². The van der Waals surface area contributed by atoms with Gasteiger partial charge in [0.1, 0.15) is 6.10 Å². The molecule has 4 atom stereocenters. The van der Waals surface area contributed by atoms with Crippen molar-refractivity contribution in [2.75, 3.05) is 19.8 Å². The van der Waals surface area contributed by atoms with Crippen LogP contribution in [0, 0.1) is 5.92 Å². The Morgan fingerprint density at radius 2 is 1.79 bits per heavy atom. The molecule has 112 valence electrons. The second-order valence-corrected chi connectivity index (χ2v) is 12.0. The molecule has 0 amide bonds. The minimum absolute atomic E-state index is 0.0608. The number of aliphatic hydroxyl groups is 1. The summed E-state index contributed by atoms with van der Waals surface area (Å²) < 4.78 is 18.2. The van der Waals surface area contributed by atoms with Crippen LogP contribution in [-0.4, -0.2) is 51.6 Å². The molecule has 2 aliphatic rings. The van der Waals surface area contributed by atoms with Gasteiger partial charge in [-0.1, -0.05) is 20.8 Å². The summed E-state index contributed by atoms with van der Waals surface area (Å²) in [6.07, 6.45) is 0.996. The summed E-state index contributed by atoms with van der Waals surface area (Å²) in [6.45, 7) is 12.8. The Morgan fingerprint density at radius 3 is 2.37 bits per heavy atom. The predicted octanol–water partition coefficient (Wildman–Crippen LogP) is 2.17. The third-order valence-corrected chi connectivity index (χ3v) is 9.37. The zero-order chi connectivity index (χ0) is 14.3. The summed E-state index contributed by atoms with van der Waals surface area (Å²) in [7, 11) is -1.78. The van der Waals surface area contributed by atoms with E-state index >= 15 is 0 Å². The number of hydrogen-bond acceptors (Lipinski definition) is 4. The molecule has 4 nitrogen and oxygen atoms in total. The summed E-state index contributed by atoms with van der Waals surface area (Å²) in [5.74, 6) is 0.322. The average molecular weight is 288 g/mol. The normalized spacial score (nSPS) is 35.7. The SMILES string of the molecule is CC(C)(C)[Si](C)(C)OC1CO[C@@H]2C(CCO)CO[C@H]12. The van der Waals surface area contributed by atoms with E-state index in [4.69, 9.17) is 19.0 Å². The molecule has 2 aliphatic heterocycles. The molecular weight excluding hydrogens is 260 g/mol. The Balaban J connectivity index is 1.98. The van der Waals surface area contributed by atoms with E-state index in [9.17, 15) is 0 Å². The van der Waals surface area contributed by atoms with E-state index in [1.165, 1.54) is 0 Å². The van der Waals surface area contributed by atoms with Gasteiger partial charge in [0, 0.05) is 12.5 Å². The molecule has 0 radical (unpaired) electrons. The highest BCUT2D eigenvalue weighted by Crippen LogP contribution is 2.41. The largest absolute Gasteiger partial charge is 0.409 e. The van der Waals surface area contributed by atoms with Gasteiger partial charge >= 0.3 is 0 Å². The van der Waals surface area contributed by atoms with Crippen molar-refractivity contribution in [3.05, 3.63) is 0 Å². The zero-order valence-electron chi connectivity index (χ0n) is 12.8.